The van der Waals surface area contributed by atoms with E-state index >= 15 is 0 Å². The van der Waals surface area contributed by atoms with Crippen LogP contribution in [0, 0.1) is 6.92 Å². The normalized spacial score (nSPS) is 12.3. The van der Waals surface area contributed by atoms with Crippen molar-refractivity contribution in [1.82, 2.24) is 4.90 Å². The van der Waals surface area contributed by atoms with E-state index in [4.69, 9.17) is 18.0 Å². The first-order chi connectivity index (χ1) is 9.59. The lowest BCUT2D eigenvalue weighted by Gasteiger charge is -2.28. The van der Waals surface area contributed by atoms with Crippen LogP contribution in [0.1, 0.15) is 22.7 Å². The number of nitrogens with zero attached hydrogens (tertiary/aromatic N) is 1. The van der Waals surface area contributed by atoms with Crippen LogP contribution in [0.3, 0.4) is 0 Å². The van der Waals surface area contributed by atoms with E-state index in [-0.39, 0.29) is 6.04 Å². The van der Waals surface area contributed by atoms with Crippen molar-refractivity contribution in [3.8, 4) is 0 Å². The fourth-order valence-corrected chi connectivity index (χ4v) is 2.77. The zero-order valence-electron chi connectivity index (χ0n) is 11.9. The van der Waals surface area contributed by atoms with Gasteiger partial charge in [0.25, 0.3) is 0 Å². The Kier molecular flexibility index (Phi) is 4.88. The third kappa shape index (κ3) is 3.44. The number of aryl methyl sites for hydroxylation is 1. The van der Waals surface area contributed by atoms with Gasteiger partial charge in [0, 0.05) is 6.54 Å². The molecule has 1 atom stereocenters. The highest BCUT2D eigenvalue weighted by Gasteiger charge is 2.21. The zero-order chi connectivity index (χ0) is 14.5. The van der Waals surface area contributed by atoms with Crippen molar-refractivity contribution in [2.75, 3.05) is 7.05 Å². The Hall–Kier alpha value is -1.71. The summed E-state index contributed by atoms with van der Waals surface area (Å²) in [4.78, 5) is 2.71. The molecule has 2 aromatic rings. The Balaban J connectivity index is 2.25. The topological polar surface area (TPSA) is 29.3 Å². The summed E-state index contributed by atoms with van der Waals surface area (Å²) in [5.41, 5.74) is 9.63. The maximum absolute atomic E-state index is 5.98. The highest BCUT2D eigenvalue weighted by Crippen LogP contribution is 2.24. The van der Waals surface area contributed by atoms with Crippen molar-refractivity contribution in [1.29, 1.82) is 0 Å². The molecular weight excluding hydrogens is 264 g/mol. The number of hydrogen-bond donors (Lipinski definition) is 1. The quantitative estimate of drug-likeness (QED) is 0.853. The van der Waals surface area contributed by atoms with Crippen LogP contribution >= 0.6 is 12.2 Å². The minimum atomic E-state index is -0.0357. The molecule has 1 unspecified atom stereocenters. The van der Waals surface area contributed by atoms with E-state index in [2.05, 4.69) is 43.1 Å². The van der Waals surface area contributed by atoms with Gasteiger partial charge in [-0.05, 0) is 30.7 Å². The Labute approximate surface area is 126 Å². The second kappa shape index (κ2) is 6.64. The van der Waals surface area contributed by atoms with Gasteiger partial charge < -0.3 is 5.73 Å². The molecule has 0 heterocycles. The predicted molar refractivity (Wildman–Crippen MR) is 88.6 cm³/mol. The van der Waals surface area contributed by atoms with Crippen LogP contribution in [0.2, 0.25) is 0 Å². The van der Waals surface area contributed by atoms with Crippen molar-refractivity contribution in [3.63, 3.8) is 0 Å². The molecule has 0 aliphatic heterocycles. The molecule has 2 N–H and O–H groups in total. The van der Waals surface area contributed by atoms with Gasteiger partial charge in [0.05, 0.1) is 11.0 Å². The average molecular weight is 284 g/mol. The van der Waals surface area contributed by atoms with Crippen molar-refractivity contribution >= 4 is 17.2 Å². The van der Waals surface area contributed by atoms with Crippen LogP contribution in [-0.4, -0.2) is 16.9 Å². The fourth-order valence-electron chi connectivity index (χ4n) is 2.46. The molecule has 0 aliphatic rings. The molecule has 0 bridgehead atoms. The monoisotopic (exact) mass is 284 g/mol. The van der Waals surface area contributed by atoms with E-state index in [9.17, 15) is 0 Å². The molecule has 3 heteroatoms. The van der Waals surface area contributed by atoms with Crippen molar-refractivity contribution in [2.45, 2.75) is 19.5 Å². The lowest BCUT2D eigenvalue weighted by Crippen LogP contribution is -2.34. The largest absolute Gasteiger partial charge is 0.392 e. The molecule has 0 spiro atoms. The molecule has 0 saturated carbocycles. The van der Waals surface area contributed by atoms with Crippen LogP contribution in [-0.2, 0) is 6.54 Å². The second-order valence-corrected chi connectivity index (χ2v) is 5.53. The summed E-state index contributed by atoms with van der Waals surface area (Å²) < 4.78 is 0. The number of likely N-dealkylation sites (N-methyl/N-ethyl adjacent to an activating group) is 1. The van der Waals surface area contributed by atoms with Crippen LogP contribution in [0.4, 0.5) is 0 Å². The molecule has 0 saturated heterocycles. The molecule has 0 amide bonds. The van der Waals surface area contributed by atoms with E-state index < -0.39 is 0 Å². The minimum absolute atomic E-state index is 0.0357. The van der Waals surface area contributed by atoms with Crippen molar-refractivity contribution in [2.24, 2.45) is 5.73 Å². The number of hydrogen-bond acceptors (Lipinski definition) is 2. The molecule has 2 aromatic carbocycles. The Bertz CT molecular complexity index is 581. The Morgan fingerprint density at radius 2 is 1.70 bits per heavy atom. The van der Waals surface area contributed by atoms with Gasteiger partial charge in [0.2, 0.25) is 0 Å². The summed E-state index contributed by atoms with van der Waals surface area (Å²) in [6, 6.07) is 18.6. The van der Waals surface area contributed by atoms with Crippen LogP contribution in [0.25, 0.3) is 0 Å². The third-order valence-electron chi connectivity index (χ3n) is 3.47. The van der Waals surface area contributed by atoms with E-state index in [1.54, 1.807) is 0 Å². The SMILES string of the molecule is Cc1ccccc1C(C(N)=S)N(C)Cc1ccccc1. The molecule has 2 nitrogen and oxygen atoms in total. The van der Waals surface area contributed by atoms with Crippen LogP contribution < -0.4 is 5.73 Å². The third-order valence-corrected chi connectivity index (χ3v) is 3.69. The summed E-state index contributed by atoms with van der Waals surface area (Å²) >= 11 is 5.29. The summed E-state index contributed by atoms with van der Waals surface area (Å²) in [7, 11) is 2.06. The van der Waals surface area contributed by atoms with Crippen LogP contribution in [0.5, 0.6) is 0 Å². The first-order valence-corrected chi connectivity index (χ1v) is 7.09. The number of thiocarbonyl (C=S) groups is 1. The lowest BCUT2D eigenvalue weighted by molar-refractivity contribution is 0.293. The molecule has 0 fully saturated rings. The van der Waals surface area contributed by atoms with E-state index in [1.165, 1.54) is 16.7 Å². The number of nitrogens with two attached hydrogens (primary N) is 1. The molecule has 2 rings (SSSR count). The van der Waals surface area contributed by atoms with Gasteiger partial charge in [-0.25, -0.2) is 0 Å². The van der Waals surface area contributed by atoms with Gasteiger partial charge in [-0.15, -0.1) is 0 Å². The van der Waals surface area contributed by atoms with Gasteiger partial charge in [-0.2, -0.15) is 0 Å². The smallest absolute Gasteiger partial charge is 0.0948 e. The van der Waals surface area contributed by atoms with E-state index in [0.717, 1.165) is 6.54 Å². The van der Waals surface area contributed by atoms with E-state index in [1.807, 2.05) is 30.3 Å². The van der Waals surface area contributed by atoms with Crippen molar-refractivity contribution < 1.29 is 0 Å². The first-order valence-electron chi connectivity index (χ1n) is 6.68. The van der Waals surface area contributed by atoms with Gasteiger partial charge in [-0.1, -0.05) is 66.8 Å². The summed E-state index contributed by atoms with van der Waals surface area (Å²) in [5.74, 6) is 0. The van der Waals surface area contributed by atoms with Crippen LogP contribution in [0.15, 0.2) is 54.6 Å². The van der Waals surface area contributed by atoms with Gasteiger partial charge >= 0.3 is 0 Å². The average Bonchev–Trinajstić information content (AvgIpc) is 2.42. The Morgan fingerprint density at radius 3 is 2.30 bits per heavy atom. The number of benzene rings is 2. The summed E-state index contributed by atoms with van der Waals surface area (Å²) in [6.07, 6.45) is 0. The Morgan fingerprint density at radius 1 is 1.10 bits per heavy atom. The zero-order valence-corrected chi connectivity index (χ0v) is 12.7. The van der Waals surface area contributed by atoms with Gasteiger partial charge in [0.1, 0.15) is 0 Å². The molecule has 104 valence electrons. The fraction of sp³-hybridized carbons (Fsp3) is 0.235. The highest BCUT2D eigenvalue weighted by molar-refractivity contribution is 7.80. The lowest BCUT2D eigenvalue weighted by atomic mass is 9.99. The maximum atomic E-state index is 5.98. The molecular formula is C17H20N2S. The molecule has 0 aromatic heterocycles. The van der Waals surface area contributed by atoms with Gasteiger partial charge in [0.15, 0.2) is 0 Å². The molecule has 0 aliphatic carbocycles. The minimum Gasteiger partial charge on any atom is -0.392 e. The highest BCUT2D eigenvalue weighted by atomic mass is 32.1. The van der Waals surface area contributed by atoms with E-state index in [0.29, 0.717) is 4.99 Å². The standard InChI is InChI=1S/C17H20N2S/c1-13-8-6-7-11-15(13)16(17(18)20)19(2)12-14-9-4-3-5-10-14/h3-11,16H,12H2,1-2H3,(H2,18,20). The maximum Gasteiger partial charge on any atom is 0.0948 e. The van der Waals surface area contributed by atoms with Gasteiger partial charge in [-0.3, -0.25) is 4.90 Å². The second-order valence-electron chi connectivity index (χ2n) is 5.06. The predicted octanol–water partition coefficient (Wildman–Crippen LogP) is 3.45. The first kappa shape index (κ1) is 14.7. The summed E-state index contributed by atoms with van der Waals surface area (Å²) in [5, 5.41) is 0. The summed E-state index contributed by atoms with van der Waals surface area (Å²) in [6.45, 7) is 2.91. The van der Waals surface area contributed by atoms with Crippen molar-refractivity contribution in [3.05, 3.63) is 71.3 Å². The molecule has 20 heavy (non-hydrogen) atoms. The number of rotatable bonds is 5. The molecule has 0 radical (unpaired) electrons.